The topological polar surface area (TPSA) is 40.6 Å². The van der Waals surface area contributed by atoms with Gasteiger partial charge in [0.15, 0.2) is 6.29 Å². The van der Waals surface area contributed by atoms with Gasteiger partial charge in [-0.05, 0) is 68.6 Å². The van der Waals surface area contributed by atoms with Gasteiger partial charge in [-0.1, -0.05) is 41.9 Å². The number of halogens is 1. The van der Waals surface area contributed by atoms with E-state index in [9.17, 15) is 9.59 Å². The first-order valence-corrected chi connectivity index (χ1v) is 10.0. The van der Waals surface area contributed by atoms with Crippen LogP contribution in [0.25, 0.3) is 0 Å². The van der Waals surface area contributed by atoms with Crippen molar-refractivity contribution in [3.63, 3.8) is 0 Å². The minimum absolute atomic E-state index is 0.0148. The fourth-order valence-electron chi connectivity index (χ4n) is 4.09. The molecule has 0 N–H and O–H groups in total. The van der Waals surface area contributed by atoms with Crippen LogP contribution in [0.5, 0.6) is 0 Å². The molecule has 0 saturated carbocycles. The molecule has 0 unspecified atom stereocenters. The van der Waals surface area contributed by atoms with Gasteiger partial charge in [0.05, 0.1) is 5.56 Å². The minimum Gasteiger partial charge on any atom is -0.341 e. The Balaban J connectivity index is 1.81. The second-order valence-electron chi connectivity index (χ2n) is 7.97. The Morgan fingerprint density at radius 1 is 1.14 bits per heavy atom. The van der Waals surface area contributed by atoms with Crippen molar-refractivity contribution in [1.29, 1.82) is 0 Å². The van der Waals surface area contributed by atoms with Crippen molar-refractivity contribution in [2.45, 2.75) is 19.3 Å². The zero-order valence-electron chi connectivity index (χ0n) is 16.5. The van der Waals surface area contributed by atoms with E-state index in [1.54, 1.807) is 29.2 Å². The van der Waals surface area contributed by atoms with Crippen LogP contribution in [-0.2, 0) is 6.42 Å². The molecule has 1 aliphatic rings. The lowest BCUT2D eigenvalue weighted by Gasteiger charge is -2.43. The van der Waals surface area contributed by atoms with E-state index in [2.05, 4.69) is 24.1 Å². The molecule has 0 radical (unpaired) electrons. The number of rotatable bonds is 6. The van der Waals surface area contributed by atoms with Gasteiger partial charge in [-0.2, -0.15) is 0 Å². The molecular weight excluding hydrogens is 372 g/mol. The van der Waals surface area contributed by atoms with Gasteiger partial charge in [-0.15, -0.1) is 0 Å². The number of nitrogens with zero attached hydrogens (tertiary/aromatic N) is 2. The van der Waals surface area contributed by atoms with Crippen LogP contribution in [-0.4, -0.2) is 55.7 Å². The fourth-order valence-corrected chi connectivity index (χ4v) is 4.22. The molecule has 5 heteroatoms. The van der Waals surface area contributed by atoms with E-state index in [4.69, 9.17) is 11.6 Å². The molecule has 0 aliphatic carbocycles. The highest BCUT2D eigenvalue weighted by Gasteiger charge is 2.36. The number of amides is 1. The molecule has 4 nitrogen and oxygen atoms in total. The SMILES string of the molecule is CN1CCC(Cc2ccc(Cl)cc2)(CN(C)C(=O)c2ccccc2C=O)CC1. The van der Waals surface area contributed by atoms with E-state index in [0.717, 1.165) is 43.7 Å². The fraction of sp³-hybridized carbons (Fsp3) is 0.391. The Bertz CT molecular complexity index is 827. The smallest absolute Gasteiger partial charge is 0.254 e. The third-order valence-electron chi connectivity index (χ3n) is 5.78. The lowest BCUT2D eigenvalue weighted by atomic mass is 9.73. The summed E-state index contributed by atoms with van der Waals surface area (Å²) in [5, 5.41) is 0.735. The molecule has 3 rings (SSSR count). The number of carbonyl (C=O) groups is 2. The summed E-state index contributed by atoms with van der Waals surface area (Å²) in [5.41, 5.74) is 2.16. The van der Waals surface area contributed by atoms with E-state index < -0.39 is 0 Å². The Morgan fingerprint density at radius 2 is 1.79 bits per heavy atom. The predicted octanol–water partition coefficient (Wildman–Crippen LogP) is 4.18. The van der Waals surface area contributed by atoms with Crippen LogP contribution in [0.15, 0.2) is 48.5 Å². The summed E-state index contributed by atoms with van der Waals surface area (Å²) >= 11 is 6.04. The summed E-state index contributed by atoms with van der Waals surface area (Å²) in [6.07, 6.45) is 3.71. The summed E-state index contributed by atoms with van der Waals surface area (Å²) in [5.74, 6) is -0.0999. The number of piperidine rings is 1. The van der Waals surface area contributed by atoms with Gasteiger partial charge in [0.2, 0.25) is 0 Å². The van der Waals surface area contributed by atoms with Crippen molar-refractivity contribution in [3.05, 3.63) is 70.2 Å². The lowest BCUT2D eigenvalue weighted by molar-refractivity contribution is 0.0564. The average molecular weight is 399 g/mol. The molecule has 1 aliphatic heterocycles. The maximum atomic E-state index is 13.0. The first kappa shape index (κ1) is 20.6. The molecule has 1 saturated heterocycles. The molecule has 1 amide bonds. The van der Waals surface area contributed by atoms with E-state index >= 15 is 0 Å². The highest BCUT2D eigenvalue weighted by atomic mass is 35.5. The third kappa shape index (κ3) is 4.81. The predicted molar refractivity (Wildman–Crippen MR) is 113 cm³/mol. The number of likely N-dealkylation sites (tertiary alicyclic amines) is 1. The summed E-state index contributed by atoms with van der Waals surface area (Å²) in [7, 11) is 3.98. The number of aldehydes is 1. The molecule has 0 aromatic heterocycles. The van der Waals surface area contributed by atoms with Gasteiger partial charge in [0.25, 0.3) is 5.91 Å². The van der Waals surface area contributed by atoms with E-state index in [1.165, 1.54) is 5.56 Å². The molecule has 0 atom stereocenters. The molecule has 0 spiro atoms. The van der Waals surface area contributed by atoms with Crippen molar-refractivity contribution in [1.82, 2.24) is 9.80 Å². The summed E-state index contributed by atoms with van der Waals surface area (Å²) in [6.45, 7) is 2.69. The Labute approximate surface area is 172 Å². The number of hydrogen-bond acceptors (Lipinski definition) is 3. The van der Waals surface area contributed by atoms with Gasteiger partial charge >= 0.3 is 0 Å². The highest BCUT2D eigenvalue weighted by molar-refractivity contribution is 6.30. The molecule has 1 fully saturated rings. The zero-order valence-corrected chi connectivity index (χ0v) is 17.3. The van der Waals surface area contributed by atoms with Gasteiger partial charge in [0, 0.05) is 24.2 Å². The van der Waals surface area contributed by atoms with Crippen molar-refractivity contribution >= 4 is 23.8 Å². The molecule has 2 aromatic rings. The van der Waals surface area contributed by atoms with E-state index in [0.29, 0.717) is 17.7 Å². The van der Waals surface area contributed by atoms with Gasteiger partial charge < -0.3 is 9.80 Å². The molecule has 148 valence electrons. The first-order chi connectivity index (χ1) is 13.4. The van der Waals surface area contributed by atoms with Crippen molar-refractivity contribution in [3.8, 4) is 0 Å². The van der Waals surface area contributed by atoms with Crippen molar-refractivity contribution < 1.29 is 9.59 Å². The van der Waals surface area contributed by atoms with Crippen molar-refractivity contribution in [2.24, 2.45) is 5.41 Å². The molecule has 0 bridgehead atoms. The summed E-state index contributed by atoms with van der Waals surface area (Å²) < 4.78 is 0. The number of carbonyl (C=O) groups excluding carboxylic acids is 2. The Kier molecular flexibility index (Phi) is 6.53. The van der Waals surface area contributed by atoms with Gasteiger partial charge in [-0.25, -0.2) is 0 Å². The normalized spacial score (nSPS) is 16.5. The highest BCUT2D eigenvalue weighted by Crippen LogP contribution is 2.36. The quantitative estimate of drug-likeness (QED) is 0.685. The van der Waals surface area contributed by atoms with Crippen LogP contribution in [0.1, 0.15) is 39.1 Å². The first-order valence-electron chi connectivity index (χ1n) is 9.65. The largest absolute Gasteiger partial charge is 0.341 e. The van der Waals surface area contributed by atoms with Gasteiger partial charge in [-0.3, -0.25) is 9.59 Å². The monoisotopic (exact) mass is 398 g/mol. The lowest BCUT2D eigenvalue weighted by Crippen LogP contribution is -2.47. The van der Waals surface area contributed by atoms with Crippen LogP contribution >= 0.6 is 11.6 Å². The third-order valence-corrected chi connectivity index (χ3v) is 6.03. The van der Waals surface area contributed by atoms with Gasteiger partial charge in [0.1, 0.15) is 0 Å². The Morgan fingerprint density at radius 3 is 2.43 bits per heavy atom. The van der Waals surface area contributed by atoms with Crippen LogP contribution < -0.4 is 0 Å². The second-order valence-corrected chi connectivity index (χ2v) is 8.41. The molecular formula is C23H27ClN2O2. The summed E-state index contributed by atoms with van der Waals surface area (Å²) in [4.78, 5) is 28.5. The average Bonchev–Trinajstić information content (AvgIpc) is 2.71. The number of hydrogen-bond donors (Lipinski definition) is 0. The molecule has 1 heterocycles. The van der Waals surface area contributed by atoms with Crippen LogP contribution in [0.3, 0.4) is 0 Å². The maximum Gasteiger partial charge on any atom is 0.254 e. The van der Waals surface area contributed by atoms with Crippen LogP contribution in [0.2, 0.25) is 5.02 Å². The minimum atomic E-state index is -0.0999. The number of benzene rings is 2. The van der Waals surface area contributed by atoms with Crippen molar-refractivity contribution in [2.75, 3.05) is 33.7 Å². The second kappa shape index (κ2) is 8.89. The standard InChI is InChI=1S/C23H27ClN2O2/c1-25-13-11-23(12-14-25,15-18-7-9-20(24)10-8-18)17-26(2)22(28)21-6-4-3-5-19(21)16-27/h3-10,16H,11-15,17H2,1-2H3. The van der Waals surface area contributed by atoms with Crippen LogP contribution in [0, 0.1) is 5.41 Å². The summed E-state index contributed by atoms with van der Waals surface area (Å²) in [6, 6.07) is 15.0. The Hall–Kier alpha value is -2.17. The van der Waals surface area contributed by atoms with E-state index in [1.807, 2.05) is 19.2 Å². The molecule has 2 aromatic carbocycles. The molecule has 28 heavy (non-hydrogen) atoms. The van der Waals surface area contributed by atoms with Crippen LogP contribution in [0.4, 0.5) is 0 Å². The maximum absolute atomic E-state index is 13.0. The zero-order chi connectivity index (χ0) is 20.1. The van der Waals surface area contributed by atoms with E-state index in [-0.39, 0.29) is 11.3 Å².